The first kappa shape index (κ1) is 20.4. The summed E-state index contributed by atoms with van der Waals surface area (Å²) in [6.45, 7) is 13.9. The molecular formula is C19H32FNO3Si. The van der Waals surface area contributed by atoms with Crippen LogP contribution in [0.25, 0.3) is 0 Å². The van der Waals surface area contributed by atoms with Crippen molar-refractivity contribution in [1.29, 1.82) is 0 Å². The first-order valence-corrected chi connectivity index (χ1v) is 11.8. The first-order chi connectivity index (χ1) is 11.7. The van der Waals surface area contributed by atoms with Crippen LogP contribution < -0.4 is 4.90 Å². The van der Waals surface area contributed by atoms with Crippen LogP contribution in [0.15, 0.2) is 18.2 Å². The van der Waals surface area contributed by atoms with Crippen molar-refractivity contribution in [2.45, 2.75) is 51.6 Å². The van der Waals surface area contributed by atoms with Gasteiger partial charge in [0.25, 0.3) is 0 Å². The molecule has 1 fully saturated rings. The molecule has 1 aliphatic heterocycles. The summed E-state index contributed by atoms with van der Waals surface area (Å²) in [5, 5.41) is 0.116. The number of anilines is 1. The second-order valence-corrected chi connectivity index (χ2v) is 13.0. The minimum atomic E-state index is -1.89. The molecule has 0 spiro atoms. The number of hydrogen-bond donors (Lipinski definition) is 0. The van der Waals surface area contributed by atoms with Crippen LogP contribution in [0.1, 0.15) is 26.3 Å². The lowest BCUT2D eigenvalue weighted by Gasteiger charge is -2.41. The van der Waals surface area contributed by atoms with Crippen molar-refractivity contribution in [2.75, 3.05) is 38.3 Å². The van der Waals surface area contributed by atoms with Gasteiger partial charge in [-0.05, 0) is 24.2 Å². The summed E-state index contributed by atoms with van der Waals surface area (Å²) in [5.74, 6) is -0.170. The molecule has 142 valence electrons. The lowest BCUT2D eigenvalue weighted by atomic mass is 10.1. The molecule has 25 heavy (non-hydrogen) atoms. The predicted molar refractivity (Wildman–Crippen MR) is 102 cm³/mol. The Bertz CT molecular complexity index is 568. The van der Waals surface area contributed by atoms with Crippen molar-refractivity contribution in [3.05, 3.63) is 29.6 Å². The van der Waals surface area contributed by atoms with Gasteiger partial charge in [-0.25, -0.2) is 4.39 Å². The molecule has 1 aromatic rings. The third-order valence-electron chi connectivity index (χ3n) is 5.28. The van der Waals surface area contributed by atoms with E-state index in [0.717, 1.165) is 0 Å². The average molecular weight is 370 g/mol. The second kappa shape index (κ2) is 8.16. The first-order valence-electron chi connectivity index (χ1n) is 8.92. The van der Waals surface area contributed by atoms with Crippen LogP contribution in [-0.4, -0.2) is 47.8 Å². The maximum Gasteiger partial charge on any atom is 0.192 e. The summed E-state index contributed by atoms with van der Waals surface area (Å²) in [7, 11) is -0.235. The summed E-state index contributed by atoms with van der Waals surface area (Å²) < 4.78 is 31.7. The Morgan fingerprint density at radius 3 is 2.48 bits per heavy atom. The largest absolute Gasteiger partial charge is 0.412 e. The van der Waals surface area contributed by atoms with Crippen LogP contribution in [-0.2, 0) is 20.5 Å². The molecule has 6 heteroatoms. The summed E-state index contributed by atoms with van der Waals surface area (Å²) in [4.78, 5) is 2.02. The van der Waals surface area contributed by atoms with Gasteiger partial charge >= 0.3 is 0 Å². The minimum Gasteiger partial charge on any atom is -0.412 e. The van der Waals surface area contributed by atoms with E-state index in [1.807, 2.05) is 23.1 Å². The topological polar surface area (TPSA) is 30.9 Å². The molecule has 1 aromatic carbocycles. The molecule has 0 unspecified atom stereocenters. The summed E-state index contributed by atoms with van der Waals surface area (Å²) in [5.41, 5.74) is 1.27. The van der Waals surface area contributed by atoms with E-state index >= 15 is 0 Å². The van der Waals surface area contributed by atoms with Crippen molar-refractivity contribution < 1.29 is 18.3 Å². The highest BCUT2D eigenvalue weighted by Gasteiger charge is 2.37. The zero-order valence-electron chi connectivity index (χ0n) is 16.4. The van der Waals surface area contributed by atoms with E-state index in [0.29, 0.717) is 44.2 Å². The van der Waals surface area contributed by atoms with E-state index in [1.54, 1.807) is 7.11 Å². The molecule has 0 aliphatic carbocycles. The van der Waals surface area contributed by atoms with E-state index < -0.39 is 8.32 Å². The van der Waals surface area contributed by atoms with Gasteiger partial charge in [0.2, 0.25) is 0 Å². The minimum absolute atomic E-state index is 0.116. The van der Waals surface area contributed by atoms with Crippen molar-refractivity contribution in [3.63, 3.8) is 0 Å². The lowest BCUT2D eigenvalue weighted by molar-refractivity contribution is 0.00380. The quantitative estimate of drug-likeness (QED) is 0.508. The van der Waals surface area contributed by atoms with Crippen LogP contribution >= 0.6 is 0 Å². The van der Waals surface area contributed by atoms with Gasteiger partial charge < -0.3 is 18.8 Å². The Morgan fingerprint density at radius 1 is 1.20 bits per heavy atom. The molecule has 0 radical (unpaired) electrons. The van der Waals surface area contributed by atoms with E-state index in [9.17, 15) is 4.39 Å². The Labute approximate surface area is 152 Å². The van der Waals surface area contributed by atoms with Gasteiger partial charge in [-0.15, -0.1) is 0 Å². The molecule has 0 amide bonds. The lowest BCUT2D eigenvalue weighted by Crippen LogP contribution is -2.53. The zero-order chi connectivity index (χ0) is 18.7. The highest BCUT2D eigenvalue weighted by atomic mass is 28.4. The molecule has 1 heterocycles. The summed E-state index contributed by atoms with van der Waals surface area (Å²) in [6, 6.07) is 5.55. The molecule has 1 aliphatic rings. The number of rotatable bonds is 8. The number of hydrogen-bond acceptors (Lipinski definition) is 4. The number of methoxy groups -OCH3 is 1. The van der Waals surface area contributed by atoms with Gasteiger partial charge in [-0.2, -0.15) is 0 Å². The second-order valence-electron chi connectivity index (χ2n) is 8.19. The van der Waals surface area contributed by atoms with Crippen LogP contribution in [0.5, 0.6) is 0 Å². The number of nitrogens with zero attached hydrogens (tertiary/aromatic N) is 1. The van der Waals surface area contributed by atoms with Gasteiger partial charge in [0.15, 0.2) is 14.1 Å². The third kappa shape index (κ3) is 5.03. The molecule has 0 N–H and O–H groups in total. The van der Waals surface area contributed by atoms with Crippen molar-refractivity contribution in [3.8, 4) is 0 Å². The molecular weight excluding hydrogens is 337 g/mol. The molecule has 4 nitrogen and oxygen atoms in total. The van der Waals surface area contributed by atoms with Gasteiger partial charge in [-0.3, -0.25) is 0 Å². The average Bonchev–Trinajstić information content (AvgIpc) is 2.48. The summed E-state index contributed by atoms with van der Waals surface area (Å²) >= 11 is 0. The maximum atomic E-state index is 14.9. The van der Waals surface area contributed by atoms with Gasteiger partial charge in [0.1, 0.15) is 0 Å². The maximum absolute atomic E-state index is 14.9. The normalized spacial score (nSPS) is 16.2. The fraction of sp³-hybridized carbons (Fsp3) is 0.684. The molecule has 0 aromatic heterocycles. The van der Waals surface area contributed by atoms with E-state index in [2.05, 4.69) is 33.9 Å². The Morgan fingerprint density at radius 2 is 1.88 bits per heavy atom. The fourth-order valence-corrected chi connectivity index (χ4v) is 3.38. The third-order valence-corrected chi connectivity index (χ3v) is 9.76. The van der Waals surface area contributed by atoms with E-state index in [4.69, 9.17) is 13.9 Å². The highest BCUT2D eigenvalue weighted by Crippen LogP contribution is 2.37. The van der Waals surface area contributed by atoms with Gasteiger partial charge in [0, 0.05) is 25.8 Å². The molecule has 2 rings (SSSR count). The number of halogens is 1. The van der Waals surface area contributed by atoms with Crippen molar-refractivity contribution >= 4 is 14.0 Å². The van der Waals surface area contributed by atoms with E-state index in [1.165, 1.54) is 0 Å². The van der Waals surface area contributed by atoms with E-state index in [-0.39, 0.29) is 17.0 Å². The van der Waals surface area contributed by atoms with Gasteiger partial charge in [0.05, 0.1) is 31.6 Å². The zero-order valence-corrected chi connectivity index (χ0v) is 17.4. The smallest absolute Gasteiger partial charge is 0.192 e. The Kier molecular flexibility index (Phi) is 6.65. The van der Waals surface area contributed by atoms with Crippen LogP contribution in [0.3, 0.4) is 0 Å². The van der Waals surface area contributed by atoms with Crippen LogP contribution in [0, 0.1) is 5.82 Å². The Hall–Kier alpha value is -0.953. The highest BCUT2D eigenvalue weighted by molar-refractivity contribution is 6.74. The van der Waals surface area contributed by atoms with Crippen LogP contribution in [0.2, 0.25) is 18.1 Å². The molecule has 0 bridgehead atoms. The van der Waals surface area contributed by atoms with Crippen LogP contribution in [0.4, 0.5) is 10.1 Å². The molecule has 0 atom stereocenters. The van der Waals surface area contributed by atoms with Crippen molar-refractivity contribution in [2.24, 2.45) is 0 Å². The number of benzene rings is 1. The predicted octanol–water partition coefficient (Wildman–Crippen LogP) is 4.20. The molecule has 1 saturated heterocycles. The van der Waals surface area contributed by atoms with Gasteiger partial charge in [-0.1, -0.05) is 32.9 Å². The standard InChI is InChI=1S/C19H32FNO3Si/c1-19(2,3)25(5,6)24-14-15-8-7-9-17(18(15)20)21-12-16(13-21)23-11-10-22-4/h7-9,16H,10-14H2,1-6H3. The number of ether oxygens (including phenoxy) is 2. The summed E-state index contributed by atoms with van der Waals surface area (Å²) in [6.07, 6.45) is 0.154. The monoisotopic (exact) mass is 369 g/mol. The molecule has 0 saturated carbocycles. The SMILES string of the molecule is COCCOC1CN(c2cccc(CO[Si](C)(C)C(C)(C)C)c2F)C1. The fourth-order valence-electron chi connectivity index (χ4n) is 2.43. The Balaban J connectivity index is 1.95. The van der Waals surface area contributed by atoms with Crippen molar-refractivity contribution in [1.82, 2.24) is 0 Å².